The molecule has 1 N–H and O–H groups in total. The number of hydrogen-bond donors (Lipinski definition) is 1. The van der Waals surface area contributed by atoms with E-state index in [4.69, 9.17) is 0 Å². The van der Waals surface area contributed by atoms with Gasteiger partial charge in [0.05, 0.1) is 17.5 Å². The van der Waals surface area contributed by atoms with Crippen molar-refractivity contribution < 1.29 is 22.8 Å². The Labute approximate surface area is 116 Å². The van der Waals surface area contributed by atoms with Gasteiger partial charge in [-0.05, 0) is 36.4 Å². The van der Waals surface area contributed by atoms with Crippen molar-refractivity contribution in [2.45, 2.75) is 6.18 Å². The van der Waals surface area contributed by atoms with Crippen LogP contribution in [0, 0.1) is 5.82 Å². The third-order valence-electron chi connectivity index (χ3n) is 3.03. The molecule has 3 nitrogen and oxygen atoms in total. The van der Waals surface area contributed by atoms with Crippen LogP contribution in [0.5, 0.6) is 0 Å². The minimum Gasteiger partial charge on any atom is -0.427 e. The monoisotopic (exact) mass is 296 g/mol. The summed E-state index contributed by atoms with van der Waals surface area (Å²) < 4.78 is 51.3. The topological polar surface area (TPSA) is 38.0 Å². The van der Waals surface area contributed by atoms with Gasteiger partial charge in [0.2, 0.25) is 0 Å². The summed E-state index contributed by atoms with van der Waals surface area (Å²) in [5.74, 6) is -0.422. The van der Waals surface area contributed by atoms with Crippen LogP contribution >= 0.6 is 0 Å². The van der Waals surface area contributed by atoms with Crippen molar-refractivity contribution in [3.8, 4) is 22.6 Å². The minimum atomic E-state index is -4.56. The number of aromatic nitrogens is 2. The van der Waals surface area contributed by atoms with Crippen molar-refractivity contribution in [1.29, 1.82) is 0 Å². The van der Waals surface area contributed by atoms with Crippen LogP contribution in [0.25, 0.3) is 22.6 Å². The molecule has 0 atom stereocenters. The van der Waals surface area contributed by atoms with Crippen LogP contribution in [0.3, 0.4) is 0 Å². The van der Waals surface area contributed by atoms with E-state index < -0.39 is 17.6 Å². The maximum Gasteiger partial charge on any atom is 0.417 e. The number of halogens is 4. The van der Waals surface area contributed by atoms with Crippen LogP contribution in [0.4, 0.5) is 17.6 Å². The van der Waals surface area contributed by atoms with Gasteiger partial charge in [0.15, 0.2) is 5.82 Å². The van der Waals surface area contributed by atoms with Gasteiger partial charge in [-0.15, -0.1) is 0 Å². The maximum absolute atomic E-state index is 12.9. The Balaban J connectivity index is 2.14. The lowest BCUT2D eigenvalue weighted by atomic mass is 10.1. The van der Waals surface area contributed by atoms with Crippen molar-refractivity contribution in [1.82, 2.24) is 9.71 Å². The molecular formula is C14H8F4N2O. The van der Waals surface area contributed by atoms with Gasteiger partial charge in [0.25, 0.3) is 0 Å². The minimum absolute atomic E-state index is 0.00215. The lowest BCUT2D eigenvalue weighted by molar-refractivity contribution is -0.138. The van der Waals surface area contributed by atoms with Gasteiger partial charge in [0.1, 0.15) is 5.82 Å². The summed E-state index contributed by atoms with van der Waals surface area (Å²) in [5.41, 5.74) is 0.0653. The second-order valence-corrected chi connectivity index (χ2v) is 4.50. The third-order valence-corrected chi connectivity index (χ3v) is 3.03. The number of fused-ring (bicyclic) bond motifs is 1. The SMILES string of the molecule is On1cc(C(F)(F)F)cc2cc(-c3ccc(F)cc3)nc1-2. The Kier molecular flexibility index (Phi) is 2.86. The molecule has 0 amide bonds. The van der Waals surface area contributed by atoms with Crippen LogP contribution in [0.1, 0.15) is 5.56 Å². The summed E-state index contributed by atoms with van der Waals surface area (Å²) >= 11 is 0. The van der Waals surface area contributed by atoms with E-state index in [0.717, 1.165) is 6.07 Å². The molecule has 0 fully saturated rings. The summed E-state index contributed by atoms with van der Waals surface area (Å²) in [6.45, 7) is 0. The van der Waals surface area contributed by atoms with Gasteiger partial charge in [-0.1, -0.05) is 0 Å². The number of alkyl halides is 3. The van der Waals surface area contributed by atoms with Gasteiger partial charge in [-0.3, -0.25) is 0 Å². The van der Waals surface area contributed by atoms with Crippen LogP contribution in [-0.4, -0.2) is 14.9 Å². The van der Waals surface area contributed by atoms with Crippen molar-refractivity contribution >= 4 is 0 Å². The first kappa shape index (κ1) is 13.4. The number of nitrogens with zero attached hydrogens (tertiary/aromatic N) is 2. The third kappa shape index (κ3) is 2.42. The second-order valence-electron chi connectivity index (χ2n) is 4.50. The van der Waals surface area contributed by atoms with Gasteiger partial charge in [-0.25, -0.2) is 9.37 Å². The molecule has 21 heavy (non-hydrogen) atoms. The molecule has 7 heteroatoms. The highest BCUT2D eigenvalue weighted by atomic mass is 19.4. The average Bonchev–Trinajstić information content (AvgIpc) is 2.83. The zero-order chi connectivity index (χ0) is 15.2. The highest BCUT2D eigenvalue weighted by Crippen LogP contribution is 2.35. The predicted molar refractivity (Wildman–Crippen MR) is 66.4 cm³/mol. The largest absolute Gasteiger partial charge is 0.427 e. The summed E-state index contributed by atoms with van der Waals surface area (Å²) in [7, 11) is 0. The summed E-state index contributed by atoms with van der Waals surface area (Å²) in [6, 6.07) is 7.68. The Morgan fingerprint density at radius 3 is 2.29 bits per heavy atom. The van der Waals surface area contributed by atoms with Crippen molar-refractivity contribution in [3.05, 3.63) is 54.0 Å². The van der Waals surface area contributed by atoms with E-state index in [1.54, 1.807) is 0 Å². The molecule has 1 aromatic carbocycles. The Morgan fingerprint density at radius 2 is 1.67 bits per heavy atom. The van der Waals surface area contributed by atoms with E-state index in [0.29, 0.717) is 22.2 Å². The Bertz CT molecular complexity index is 762. The Hall–Kier alpha value is -2.57. The maximum atomic E-state index is 12.9. The lowest BCUT2D eigenvalue weighted by Crippen LogP contribution is -2.10. The van der Waals surface area contributed by atoms with Gasteiger partial charge in [0, 0.05) is 11.1 Å². The molecule has 1 aromatic rings. The zero-order valence-corrected chi connectivity index (χ0v) is 10.4. The quantitative estimate of drug-likeness (QED) is 0.543. The van der Waals surface area contributed by atoms with E-state index in [1.165, 1.54) is 30.3 Å². The molecule has 108 valence electrons. The number of benzene rings is 1. The molecule has 0 spiro atoms. The molecular weight excluding hydrogens is 288 g/mol. The van der Waals surface area contributed by atoms with E-state index in [9.17, 15) is 22.8 Å². The highest BCUT2D eigenvalue weighted by Gasteiger charge is 2.33. The fourth-order valence-corrected chi connectivity index (χ4v) is 2.03. The molecule has 0 aromatic heterocycles. The van der Waals surface area contributed by atoms with Crippen molar-refractivity contribution in [3.63, 3.8) is 0 Å². The van der Waals surface area contributed by atoms with Gasteiger partial charge in [-0.2, -0.15) is 17.9 Å². The molecule has 2 aliphatic heterocycles. The van der Waals surface area contributed by atoms with E-state index in [1.807, 2.05) is 0 Å². The molecule has 0 aliphatic carbocycles. The van der Waals surface area contributed by atoms with E-state index in [2.05, 4.69) is 4.98 Å². The molecule has 0 radical (unpaired) electrons. The standard InChI is InChI=1S/C14H8F4N2O/c15-11-3-1-8(2-4-11)12-6-9-5-10(14(16,17)18)7-20(21)13(9)19-12/h1-7,21H. The first-order valence-corrected chi connectivity index (χ1v) is 5.90. The summed E-state index contributed by atoms with van der Waals surface area (Å²) in [6.07, 6.45) is -4.00. The number of hydrogen-bond acceptors (Lipinski definition) is 2. The molecule has 3 rings (SSSR count). The summed E-state index contributed by atoms with van der Waals surface area (Å²) in [5, 5.41) is 9.61. The predicted octanol–water partition coefficient (Wildman–Crippen LogP) is 4.05. The van der Waals surface area contributed by atoms with Crippen LogP contribution in [0.2, 0.25) is 0 Å². The highest BCUT2D eigenvalue weighted by molar-refractivity contribution is 5.72. The second kappa shape index (κ2) is 4.47. The van der Waals surface area contributed by atoms with E-state index >= 15 is 0 Å². The Morgan fingerprint density at radius 1 is 1.00 bits per heavy atom. The summed E-state index contributed by atoms with van der Waals surface area (Å²) in [4.78, 5) is 4.06. The van der Waals surface area contributed by atoms with Crippen LogP contribution < -0.4 is 0 Å². The lowest BCUT2D eigenvalue weighted by Gasteiger charge is -2.10. The van der Waals surface area contributed by atoms with Crippen molar-refractivity contribution in [2.75, 3.05) is 0 Å². The average molecular weight is 296 g/mol. The van der Waals surface area contributed by atoms with Crippen LogP contribution in [0.15, 0.2) is 42.6 Å². The molecule has 0 saturated carbocycles. The number of pyridine rings is 1. The molecule has 2 heterocycles. The molecule has 2 aliphatic rings. The van der Waals surface area contributed by atoms with Gasteiger partial charge < -0.3 is 5.21 Å². The molecule has 0 bridgehead atoms. The molecule has 0 unspecified atom stereocenters. The smallest absolute Gasteiger partial charge is 0.417 e. The fraction of sp³-hybridized carbons (Fsp3) is 0.0714. The number of rotatable bonds is 1. The van der Waals surface area contributed by atoms with Crippen LogP contribution in [-0.2, 0) is 6.18 Å². The van der Waals surface area contributed by atoms with Gasteiger partial charge >= 0.3 is 6.18 Å². The fourth-order valence-electron chi connectivity index (χ4n) is 2.03. The first-order valence-electron chi connectivity index (χ1n) is 5.90. The normalized spacial score (nSPS) is 12.0. The van der Waals surface area contributed by atoms with E-state index in [-0.39, 0.29) is 11.4 Å². The molecule has 0 saturated heterocycles. The zero-order valence-electron chi connectivity index (χ0n) is 10.4. The van der Waals surface area contributed by atoms with Crippen molar-refractivity contribution in [2.24, 2.45) is 0 Å². The first-order chi connectivity index (χ1) is 9.84.